The van der Waals surface area contributed by atoms with Gasteiger partial charge in [-0.1, -0.05) is 54.6 Å². The van der Waals surface area contributed by atoms with Gasteiger partial charge in [0.25, 0.3) is 5.56 Å². The van der Waals surface area contributed by atoms with E-state index in [0.29, 0.717) is 5.39 Å². The first-order chi connectivity index (χ1) is 22.3. The molecule has 0 spiro atoms. The summed E-state index contributed by atoms with van der Waals surface area (Å²) in [7, 11) is 6.88. The lowest BCUT2D eigenvalue weighted by Crippen LogP contribution is -2.38. The third-order valence-corrected chi connectivity index (χ3v) is 7.94. The zero-order chi connectivity index (χ0) is 32.3. The van der Waals surface area contributed by atoms with Gasteiger partial charge in [-0.15, -0.1) is 5.10 Å². The molecule has 0 amide bonds. The minimum absolute atomic E-state index is 0.0492. The Morgan fingerprint density at radius 3 is 2.20 bits per heavy atom. The summed E-state index contributed by atoms with van der Waals surface area (Å²) in [5, 5.41) is 16.0. The van der Waals surface area contributed by atoms with Gasteiger partial charge in [0.1, 0.15) is 28.6 Å². The molecule has 3 aromatic carbocycles. The monoisotopic (exact) mass is 624 g/mol. The van der Waals surface area contributed by atoms with Crippen molar-refractivity contribution in [3.8, 4) is 11.5 Å². The van der Waals surface area contributed by atoms with Crippen LogP contribution in [0.1, 0.15) is 29.3 Å². The predicted molar refractivity (Wildman–Crippen MR) is 173 cm³/mol. The second-order valence-corrected chi connectivity index (χ2v) is 11.2. The first kappa shape index (κ1) is 31.0. The highest BCUT2D eigenvalue weighted by atomic mass is 16.6. The molecular formula is C34H36N6O6. The first-order valence-corrected chi connectivity index (χ1v) is 14.8. The standard InChI is InChI=1S/C34H36N6O6/c1-39(2)21-35-33-36-31-27(32(42)37-33)19-40(38-31)30-18-28(41)29(46-30)20-45-34(22-8-6-5-7-9-22,23-10-14-25(43-3)15-11-23)24-12-16-26(44-4)17-13-24/h5-17,19,21,28-30,41H,18,20H2,1-4H3,(H,36,37,38,42)/b35-21+/t28-,29+,30+/m0/s1. The number of nitrogens with zero attached hydrogens (tertiary/aromatic N) is 5. The molecule has 1 aliphatic heterocycles. The Morgan fingerprint density at radius 1 is 1.00 bits per heavy atom. The van der Waals surface area contributed by atoms with Crippen LogP contribution in [-0.4, -0.2) is 83.2 Å². The van der Waals surface area contributed by atoms with E-state index in [1.807, 2.05) is 93.0 Å². The zero-order valence-electron chi connectivity index (χ0n) is 26.0. The number of nitrogens with one attached hydrogen (secondary N) is 1. The van der Waals surface area contributed by atoms with Crippen LogP contribution in [0.4, 0.5) is 5.95 Å². The summed E-state index contributed by atoms with van der Waals surface area (Å²) in [6.45, 7) is 0.0492. The Labute approximate surface area is 265 Å². The number of aromatic amines is 1. The quantitative estimate of drug-likeness (QED) is 0.127. The first-order valence-electron chi connectivity index (χ1n) is 14.8. The lowest BCUT2D eigenvalue weighted by molar-refractivity contribution is -0.0955. The van der Waals surface area contributed by atoms with Crippen molar-refractivity contribution in [1.82, 2.24) is 24.6 Å². The number of aliphatic hydroxyl groups is 1. The van der Waals surface area contributed by atoms with Crippen molar-refractivity contribution in [2.75, 3.05) is 34.9 Å². The largest absolute Gasteiger partial charge is 0.497 e. The Kier molecular flexibility index (Phi) is 8.84. The fourth-order valence-corrected chi connectivity index (χ4v) is 5.61. The molecule has 1 aliphatic rings. The van der Waals surface area contributed by atoms with Gasteiger partial charge in [0.05, 0.1) is 33.3 Å². The number of aliphatic hydroxyl groups excluding tert-OH is 1. The molecule has 5 aromatic rings. The molecular weight excluding hydrogens is 588 g/mol. The smallest absolute Gasteiger partial charge is 0.263 e. The summed E-state index contributed by atoms with van der Waals surface area (Å²) in [6.07, 6.45) is 1.17. The van der Waals surface area contributed by atoms with Gasteiger partial charge in [-0.3, -0.25) is 9.78 Å². The van der Waals surface area contributed by atoms with Gasteiger partial charge in [0, 0.05) is 26.7 Å². The van der Waals surface area contributed by atoms with E-state index in [0.717, 1.165) is 28.2 Å². The molecule has 3 heterocycles. The maximum Gasteiger partial charge on any atom is 0.263 e. The van der Waals surface area contributed by atoms with Gasteiger partial charge >= 0.3 is 0 Å². The molecule has 1 fully saturated rings. The second-order valence-electron chi connectivity index (χ2n) is 11.2. The van der Waals surface area contributed by atoms with Crippen LogP contribution in [0, 0.1) is 0 Å². The highest BCUT2D eigenvalue weighted by molar-refractivity contribution is 5.74. The summed E-state index contributed by atoms with van der Waals surface area (Å²) in [5.41, 5.74) is 1.42. The Hall–Kier alpha value is -5.04. The Morgan fingerprint density at radius 2 is 1.61 bits per heavy atom. The highest BCUT2D eigenvalue weighted by Crippen LogP contribution is 2.42. The van der Waals surface area contributed by atoms with E-state index < -0.39 is 24.0 Å². The third-order valence-electron chi connectivity index (χ3n) is 7.94. The van der Waals surface area contributed by atoms with Crippen molar-refractivity contribution in [2.24, 2.45) is 4.99 Å². The van der Waals surface area contributed by atoms with E-state index >= 15 is 0 Å². The zero-order valence-corrected chi connectivity index (χ0v) is 26.0. The summed E-state index contributed by atoms with van der Waals surface area (Å²) in [4.78, 5) is 25.7. The van der Waals surface area contributed by atoms with E-state index in [2.05, 4.69) is 20.1 Å². The van der Waals surface area contributed by atoms with Crippen molar-refractivity contribution in [2.45, 2.75) is 30.5 Å². The minimum Gasteiger partial charge on any atom is -0.497 e. The van der Waals surface area contributed by atoms with Crippen LogP contribution in [0.5, 0.6) is 11.5 Å². The third kappa shape index (κ3) is 6.10. The molecule has 238 valence electrons. The number of aromatic nitrogens is 4. The molecule has 1 saturated heterocycles. The van der Waals surface area contributed by atoms with Crippen molar-refractivity contribution in [1.29, 1.82) is 0 Å². The fourth-order valence-electron chi connectivity index (χ4n) is 5.61. The number of H-pyrrole nitrogens is 1. The lowest BCUT2D eigenvalue weighted by atomic mass is 9.80. The van der Waals surface area contributed by atoms with Crippen molar-refractivity contribution in [3.63, 3.8) is 0 Å². The number of hydrogen-bond acceptors (Lipinski definition) is 9. The maximum atomic E-state index is 12.7. The molecule has 0 saturated carbocycles. The van der Waals surface area contributed by atoms with E-state index in [1.54, 1.807) is 25.3 Å². The molecule has 2 N–H and O–H groups in total. The number of ether oxygens (including phenoxy) is 4. The summed E-state index contributed by atoms with van der Waals surface area (Å²) in [6, 6.07) is 25.4. The predicted octanol–water partition coefficient (Wildman–Crippen LogP) is 4.02. The molecule has 0 unspecified atom stereocenters. The van der Waals surface area contributed by atoms with Gasteiger partial charge in [-0.25, -0.2) is 9.67 Å². The van der Waals surface area contributed by atoms with E-state index in [1.165, 1.54) is 11.0 Å². The number of aliphatic imine (C=N–C) groups is 1. The topological polar surface area (TPSA) is 136 Å². The molecule has 12 heteroatoms. The van der Waals surface area contributed by atoms with Crippen LogP contribution in [0.2, 0.25) is 0 Å². The molecule has 46 heavy (non-hydrogen) atoms. The van der Waals surface area contributed by atoms with Gasteiger partial charge < -0.3 is 29.0 Å². The molecule has 2 aromatic heterocycles. The van der Waals surface area contributed by atoms with Gasteiger partial charge in [0.15, 0.2) is 11.9 Å². The molecule has 0 aliphatic carbocycles. The van der Waals surface area contributed by atoms with Crippen LogP contribution < -0.4 is 15.0 Å². The number of methoxy groups -OCH3 is 2. The second kappa shape index (κ2) is 13.1. The Bertz CT molecular complexity index is 1810. The molecule has 6 rings (SSSR count). The van der Waals surface area contributed by atoms with Crippen LogP contribution >= 0.6 is 0 Å². The summed E-state index contributed by atoms with van der Waals surface area (Å²) in [5.74, 6) is 1.58. The van der Waals surface area contributed by atoms with Crippen LogP contribution in [0.25, 0.3) is 11.0 Å². The average molecular weight is 625 g/mol. The van der Waals surface area contributed by atoms with E-state index in [9.17, 15) is 9.90 Å². The fraction of sp³-hybridized carbons (Fsp3) is 0.294. The molecule has 3 atom stereocenters. The van der Waals surface area contributed by atoms with Gasteiger partial charge in [-0.2, -0.15) is 4.98 Å². The normalized spacial score (nSPS) is 18.3. The van der Waals surface area contributed by atoms with Crippen molar-refractivity contribution in [3.05, 3.63) is 112 Å². The average Bonchev–Trinajstić information content (AvgIpc) is 3.69. The van der Waals surface area contributed by atoms with Crippen molar-refractivity contribution < 1.29 is 24.1 Å². The summed E-state index contributed by atoms with van der Waals surface area (Å²) >= 11 is 0. The SMILES string of the molecule is COc1ccc(C(OC[C@H]2O[C@@H](n3cc4c(=O)[nH]c(/N=C/N(C)C)nc4n3)C[C@@H]2O)(c2ccccc2)c2ccc(OC)cc2)cc1. The molecule has 0 bridgehead atoms. The maximum absolute atomic E-state index is 12.7. The number of fused-ring (bicyclic) bond motifs is 1. The van der Waals surface area contributed by atoms with Gasteiger partial charge in [-0.05, 0) is 41.0 Å². The minimum atomic E-state index is -1.07. The van der Waals surface area contributed by atoms with Gasteiger partial charge in [0.2, 0.25) is 5.95 Å². The number of benzene rings is 3. The van der Waals surface area contributed by atoms with Crippen LogP contribution in [-0.2, 0) is 15.1 Å². The van der Waals surface area contributed by atoms with E-state index in [4.69, 9.17) is 18.9 Å². The number of rotatable bonds is 11. The summed E-state index contributed by atoms with van der Waals surface area (Å²) < 4.78 is 25.6. The van der Waals surface area contributed by atoms with E-state index in [-0.39, 0.29) is 30.2 Å². The molecule has 0 radical (unpaired) electrons. The lowest BCUT2D eigenvalue weighted by Gasteiger charge is -2.37. The Balaban J connectivity index is 1.32. The van der Waals surface area contributed by atoms with Crippen LogP contribution in [0.15, 0.2) is 94.8 Å². The molecule has 12 nitrogen and oxygen atoms in total. The highest BCUT2D eigenvalue weighted by Gasteiger charge is 2.42. The number of hydrogen-bond donors (Lipinski definition) is 2. The van der Waals surface area contributed by atoms with Crippen molar-refractivity contribution >= 4 is 23.3 Å². The van der Waals surface area contributed by atoms with Crippen LogP contribution in [0.3, 0.4) is 0 Å².